The van der Waals surface area contributed by atoms with Gasteiger partial charge in [0.15, 0.2) is 17.3 Å². The van der Waals surface area contributed by atoms with E-state index in [1.807, 2.05) is 32.2 Å². The molecule has 1 aromatic carbocycles. The van der Waals surface area contributed by atoms with Gasteiger partial charge >= 0.3 is 0 Å². The fourth-order valence-electron chi connectivity index (χ4n) is 2.19. The summed E-state index contributed by atoms with van der Waals surface area (Å²) >= 11 is 0. The second kappa shape index (κ2) is 5.50. The third-order valence-corrected chi connectivity index (χ3v) is 3.03. The predicted octanol–water partition coefficient (Wildman–Crippen LogP) is 1.78. The van der Waals surface area contributed by atoms with Crippen LogP contribution in [0.5, 0.6) is 11.5 Å². The van der Waals surface area contributed by atoms with E-state index in [0.717, 1.165) is 23.6 Å². The predicted molar refractivity (Wildman–Crippen MR) is 71.6 cm³/mol. The number of rotatable bonds is 4. The molecule has 0 N–H and O–H groups in total. The Morgan fingerprint density at radius 2 is 1.95 bits per heavy atom. The van der Waals surface area contributed by atoms with Crippen molar-refractivity contribution in [2.24, 2.45) is 0 Å². The summed E-state index contributed by atoms with van der Waals surface area (Å²) in [5.41, 5.74) is 1.16. The molecule has 3 rings (SSSR count). The molecule has 0 saturated heterocycles. The van der Waals surface area contributed by atoms with Gasteiger partial charge < -0.3 is 14.0 Å². The molecule has 0 fully saturated rings. The Bertz CT molecular complexity index is 597. The minimum atomic E-state index is 0.605. The molecule has 2 heterocycles. The van der Waals surface area contributed by atoms with E-state index in [1.165, 1.54) is 0 Å². The van der Waals surface area contributed by atoms with Crippen LogP contribution in [0.4, 0.5) is 0 Å². The van der Waals surface area contributed by atoms with Gasteiger partial charge in [-0.05, 0) is 31.7 Å². The molecule has 6 heteroatoms. The van der Waals surface area contributed by atoms with E-state index < -0.39 is 0 Å². The van der Waals surface area contributed by atoms with Crippen LogP contribution in [0.2, 0.25) is 0 Å². The molecule has 1 aliphatic rings. The monoisotopic (exact) mass is 275 g/mol. The quantitative estimate of drug-likeness (QED) is 0.847. The normalized spacial score (nSPS) is 13.8. The first-order valence-electron chi connectivity index (χ1n) is 6.57. The number of hydrogen-bond acceptors (Lipinski definition) is 6. The van der Waals surface area contributed by atoms with Crippen molar-refractivity contribution >= 4 is 0 Å². The lowest BCUT2D eigenvalue weighted by molar-refractivity contribution is 0.171. The van der Waals surface area contributed by atoms with Gasteiger partial charge in [0.25, 0.3) is 0 Å². The molecule has 106 valence electrons. The van der Waals surface area contributed by atoms with Crippen molar-refractivity contribution in [3.8, 4) is 11.5 Å². The maximum atomic E-state index is 5.58. The summed E-state index contributed by atoms with van der Waals surface area (Å²) in [6.45, 7) is 4.43. The van der Waals surface area contributed by atoms with Crippen LogP contribution in [0.15, 0.2) is 22.7 Å². The van der Waals surface area contributed by atoms with Crippen molar-refractivity contribution in [1.82, 2.24) is 15.0 Å². The SMILES string of the molecule is Cc1noc(CN(C)Cc2ccc3c(c2)OCCO3)n1. The Labute approximate surface area is 117 Å². The van der Waals surface area contributed by atoms with Gasteiger partial charge in [0.2, 0.25) is 5.89 Å². The maximum absolute atomic E-state index is 5.58. The van der Waals surface area contributed by atoms with Crippen molar-refractivity contribution in [1.29, 1.82) is 0 Å². The van der Waals surface area contributed by atoms with Gasteiger partial charge in [0.1, 0.15) is 13.2 Å². The van der Waals surface area contributed by atoms with Gasteiger partial charge in [-0.2, -0.15) is 4.98 Å². The number of aryl methyl sites for hydroxylation is 1. The van der Waals surface area contributed by atoms with Crippen molar-refractivity contribution in [2.75, 3.05) is 20.3 Å². The molecule has 0 radical (unpaired) electrons. The lowest BCUT2D eigenvalue weighted by Crippen LogP contribution is -2.18. The molecule has 6 nitrogen and oxygen atoms in total. The number of ether oxygens (including phenoxy) is 2. The van der Waals surface area contributed by atoms with Gasteiger partial charge in [-0.3, -0.25) is 4.90 Å². The molecule has 0 bridgehead atoms. The summed E-state index contributed by atoms with van der Waals surface area (Å²) in [6, 6.07) is 6.02. The summed E-state index contributed by atoms with van der Waals surface area (Å²) in [6.07, 6.45) is 0. The Morgan fingerprint density at radius 3 is 2.70 bits per heavy atom. The highest BCUT2D eigenvalue weighted by Crippen LogP contribution is 2.31. The van der Waals surface area contributed by atoms with E-state index in [1.54, 1.807) is 0 Å². The van der Waals surface area contributed by atoms with Crippen molar-refractivity contribution in [3.63, 3.8) is 0 Å². The minimum Gasteiger partial charge on any atom is -0.486 e. The first-order chi connectivity index (χ1) is 9.70. The largest absolute Gasteiger partial charge is 0.486 e. The lowest BCUT2D eigenvalue weighted by Gasteiger charge is -2.20. The third-order valence-electron chi connectivity index (χ3n) is 3.03. The van der Waals surface area contributed by atoms with E-state index in [0.29, 0.717) is 31.5 Å². The molecule has 1 aliphatic heterocycles. The number of nitrogens with zero attached hydrogens (tertiary/aromatic N) is 3. The Balaban J connectivity index is 1.65. The third kappa shape index (κ3) is 2.91. The average molecular weight is 275 g/mol. The Kier molecular flexibility index (Phi) is 3.56. The molecular weight excluding hydrogens is 258 g/mol. The van der Waals surface area contributed by atoms with Crippen LogP contribution in [0.3, 0.4) is 0 Å². The van der Waals surface area contributed by atoms with Crippen LogP contribution in [-0.4, -0.2) is 35.3 Å². The molecule has 0 unspecified atom stereocenters. The van der Waals surface area contributed by atoms with Crippen LogP contribution in [0, 0.1) is 6.92 Å². The van der Waals surface area contributed by atoms with Crippen molar-refractivity contribution in [2.45, 2.75) is 20.0 Å². The zero-order chi connectivity index (χ0) is 13.9. The van der Waals surface area contributed by atoms with Crippen LogP contribution in [0.1, 0.15) is 17.3 Å². The summed E-state index contributed by atoms with van der Waals surface area (Å²) in [5.74, 6) is 2.92. The topological polar surface area (TPSA) is 60.6 Å². The Hall–Kier alpha value is -2.08. The van der Waals surface area contributed by atoms with Gasteiger partial charge in [0.05, 0.1) is 6.54 Å². The van der Waals surface area contributed by atoms with Gasteiger partial charge in [-0.25, -0.2) is 0 Å². The fourth-order valence-corrected chi connectivity index (χ4v) is 2.19. The van der Waals surface area contributed by atoms with Gasteiger partial charge in [0, 0.05) is 6.54 Å². The molecule has 0 amide bonds. The van der Waals surface area contributed by atoms with Crippen molar-refractivity contribution in [3.05, 3.63) is 35.5 Å². The number of benzene rings is 1. The van der Waals surface area contributed by atoms with Crippen molar-refractivity contribution < 1.29 is 14.0 Å². The summed E-state index contributed by atoms with van der Waals surface area (Å²) in [5, 5.41) is 3.79. The zero-order valence-corrected chi connectivity index (χ0v) is 11.6. The van der Waals surface area contributed by atoms with Crippen LogP contribution < -0.4 is 9.47 Å². The maximum Gasteiger partial charge on any atom is 0.240 e. The van der Waals surface area contributed by atoms with E-state index in [9.17, 15) is 0 Å². The first kappa shape index (κ1) is 12.9. The highest BCUT2D eigenvalue weighted by atomic mass is 16.6. The molecule has 0 saturated carbocycles. The van der Waals surface area contributed by atoms with Gasteiger partial charge in [-0.1, -0.05) is 11.2 Å². The standard InChI is InChI=1S/C14H17N3O3/c1-10-15-14(20-16-10)9-17(2)8-11-3-4-12-13(7-11)19-6-5-18-12/h3-4,7H,5-6,8-9H2,1-2H3. The molecule has 0 atom stereocenters. The van der Waals surface area contributed by atoms with Crippen LogP contribution in [-0.2, 0) is 13.1 Å². The highest BCUT2D eigenvalue weighted by molar-refractivity contribution is 5.43. The second-order valence-corrected chi connectivity index (χ2v) is 4.89. The summed E-state index contributed by atoms with van der Waals surface area (Å²) in [4.78, 5) is 6.31. The fraction of sp³-hybridized carbons (Fsp3) is 0.429. The zero-order valence-electron chi connectivity index (χ0n) is 11.6. The van der Waals surface area contributed by atoms with E-state index in [-0.39, 0.29) is 0 Å². The van der Waals surface area contributed by atoms with Gasteiger partial charge in [-0.15, -0.1) is 0 Å². The summed E-state index contributed by atoms with van der Waals surface area (Å²) in [7, 11) is 2.01. The molecule has 0 aliphatic carbocycles. The first-order valence-corrected chi connectivity index (χ1v) is 6.57. The van der Waals surface area contributed by atoms with E-state index >= 15 is 0 Å². The highest BCUT2D eigenvalue weighted by Gasteiger charge is 2.13. The van der Waals surface area contributed by atoms with E-state index in [2.05, 4.69) is 15.0 Å². The Morgan fingerprint density at radius 1 is 1.15 bits per heavy atom. The minimum absolute atomic E-state index is 0.605. The van der Waals surface area contributed by atoms with Crippen LogP contribution >= 0.6 is 0 Å². The summed E-state index contributed by atoms with van der Waals surface area (Å²) < 4.78 is 16.2. The lowest BCUT2D eigenvalue weighted by atomic mass is 10.2. The molecule has 1 aromatic heterocycles. The average Bonchev–Trinajstić information content (AvgIpc) is 2.83. The number of hydrogen-bond donors (Lipinski definition) is 0. The number of aromatic nitrogens is 2. The van der Waals surface area contributed by atoms with Crippen LogP contribution in [0.25, 0.3) is 0 Å². The molecule has 2 aromatic rings. The smallest absolute Gasteiger partial charge is 0.240 e. The molecular formula is C14H17N3O3. The molecule has 20 heavy (non-hydrogen) atoms. The number of fused-ring (bicyclic) bond motifs is 1. The molecule has 0 spiro atoms. The van der Waals surface area contributed by atoms with E-state index in [4.69, 9.17) is 14.0 Å². The second-order valence-electron chi connectivity index (χ2n) is 4.89.